The van der Waals surface area contributed by atoms with Gasteiger partial charge in [-0.25, -0.2) is 23.4 Å². The Balaban J connectivity index is 1.59. The first kappa shape index (κ1) is 21.4. The normalized spacial score (nSPS) is 16.1. The number of hydrogen-bond donors (Lipinski definition) is 1. The summed E-state index contributed by atoms with van der Waals surface area (Å²) < 4.78 is 61.9. The average Bonchev–Trinajstić information content (AvgIpc) is 3.17. The molecule has 0 radical (unpaired) electrons. The third kappa shape index (κ3) is 5.10. The van der Waals surface area contributed by atoms with Gasteiger partial charge >= 0.3 is 6.18 Å². The molecule has 0 bridgehead atoms. The van der Waals surface area contributed by atoms with Gasteiger partial charge in [0.1, 0.15) is 10.7 Å². The molecule has 1 aliphatic rings. The van der Waals surface area contributed by atoms with E-state index in [2.05, 4.69) is 20.3 Å². The van der Waals surface area contributed by atoms with E-state index in [0.29, 0.717) is 12.1 Å². The van der Waals surface area contributed by atoms with Gasteiger partial charge in [-0.15, -0.1) is 11.3 Å². The summed E-state index contributed by atoms with van der Waals surface area (Å²) in [4.78, 5) is 12.7. The summed E-state index contributed by atoms with van der Waals surface area (Å²) in [6.45, 7) is 1.87. The Bertz CT molecular complexity index is 1270. The molecule has 31 heavy (non-hydrogen) atoms. The summed E-state index contributed by atoms with van der Waals surface area (Å²) in [7, 11) is -3.01. The molecular formula is C20H17F3N4O2S2. The highest BCUT2D eigenvalue weighted by atomic mass is 32.2. The van der Waals surface area contributed by atoms with Crippen molar-refractivity contribution in [2.24, 2.45) is 0 Å². The third-order valence-corrected chi connectivity index (χ3v) is 7.23. The Labute approximate surface area is 180 Å². The number of alkyl halides is 3. The molecule has 0 unspecified atom stereocenters. The topological polar surface area (TPSA) is 84.8 Å². The molecule has 0 spiro atoms. The largest absolute Gasteiger partial charge is 0.433 e. The van der Waals surface area contributed by atoms with Crippen molar-refractivity contribution in [3.8, 4) is 10.4 Å². The summed E-state index contributed by atoms with van der Waals surface area (Å²) >= 11 is 1.44. The Morgan fingerprint density at radius 1 is 1.16 bits per heavy atom. The molecule has 1 aliphatic heterocycles. The van der Waals surface area contributed by atoms with Gasteiger partial charge in [-0.05, 0) is 48.2 Å². The predicted octanol–water partition coefficient (Wildman–Crippen LogP) is 4.87. The Kier molecular flexibility index (Phi) is 5.56. The van der Waals surface area contributed by atoms with Crippen LogP contribution in [0, 0.1) is 6.92 Å². The number of allylic oxidation sites excluding steroid dienone is 1. The average molecular weight is 467 g/mol. The second kappa shape index (κ2) is 8.04. The van der Waals surface area contributed by atoms with E-state index in [1.165, 1.54) is 11.3 Å². The van der Waals surface area contributed by atoms with Gasteiger partial charge in [0.05, 0.1) is 16.4 Å². The van der Waals surface area contributed by atoms with E-state index in [1.54, 1.807) is 24.4 Å². The number of aromatic nitrogens is 3. The second-order valence-corrected chi connectivity index (χ2v) is 10.4. The lowest BCUT2D eigenvalue weighted by molar-refractivity contribution is -0.141. The van der Waals surface area contributed by atoms with E-state index in [0.717, 1.165) is 38.8 Å². The molecule has 11 heteroatoms. The van der Waals surface area contributed by atoms with Crippen molar-refractivity contribution in [1.29, 1.82) is 0 Å². The standard InChI is InChI=1S/C20H17F3N4O2S2/c1-12-8-14(16-11-25-18(30-16)13-3-6-31(28,29)7-4-13)10-15(9-12)26-19-24-5-2-17(27-19)20(21,22)23/h2-3,5,8-11H,4,6-7H2,1H3,(H,24,26,27). The van der Waals surface area contributed by atoms with Crippen molar-refractivity contribution in [3.63, 3.8) is 0 Å². The fourth-order valence-corrected chi connectivity index (χ4v) is 5.26. The maximum absolute atomic E-state index is 12.9. The van der Waals surface area contributed by atoms with Crippen LogP contribution in [0.2, 0.25) is 0 Å². The SMILES string of the molecule is Cc1cc(Nc2nccc(C(F)(F)F)n2)cc(-c2cnc(C3=CCS(=O)(=O)CC3)s2)c1. The highest BCUT2D eigenvalue weighted by Crippen LogP contribution is 2.34. The number of rotatable bonds is 4. The first-order chi connectivity index (χ1) is 14.6. The van der Waals surface area contributed by atoms with Crippen molar-refractivity contribution < 1.29 is 21.6 Å². The molecule has 0 atom stereocenters. The van der Waals surface area contributed by atoms with Crippen LogP contribution in [-0.2, 0) is 16.0 Å². The zero-order valence-electron chi connectivity index (χ0n) is 16.3. The number of sulfone groups is 1. The Morgan fingerprint density at radius 2 is 1.97 bits per heavy atom. The minimum absolute atomic E-state index is 0.0206. The number of aryl methyl sites for hydroxylation is 1. The second-order valence-electron chi connectivity index (χ2n) is 7.10. The summed E-state index contributed by atoms with van der Waals surface area (Å²) in [6, 6.07) is 6.32. The number of hydrogen-bond acceptors (Lipinski definition) is 7. The molecule has 1 N–H and O–H groups in total. The molecule has 162 valence electrons. The minimum Gasteiger partial charge on any atom is -0.324 e. The van der Waals surface area contributed by atoms with Crippen LogP contribution in [0.25, 0.3) is 16.0 Å². The van der Waals surface area contributed by atoms with Gasteiger partial charge in [0.25, 0.3) is 0 Å². The fourth-order valence-electron chi connectivity index (χ4n) is 3.13. The quantitative estimate of drug-likeness (QED) is 0.590. The molecular weight excluding hydrogens is 449 g/mol. The molecule has 2 aromatic heterocycles. The number of halogens is 3. The Morgan fingerprint density at radius 3 is 2.68 bits per heavy atom. The zero-order chi connectivity index (χ0) is 22.2. The first-order valence-electron chi connectivity index (χ1n) is 9.24. The molecule has 0 fully saturated rings. The van der Waals surface area contributed by atoms with Gasteiger partial charge in [0.15, 0.2) is 9.84 Å². The Hall–Kier alpha value is -2.79. The monoisotopic (exact) mass is 466 g/mol. The fraction of sp³-hybridized carbons (Fsp3) is 0.250. The van der Waals surface area contributed by atoms with Crippen LogP contribution in [-0.4, -0.2) is 34.9 Å². The highest BCUT2D eigenvalue weighted by Gasteiger charge is 2.32. The van der Waals surface area contributed by atoms with E-state index in [1.807, 2.05) is 13.0 Å². The van der Waals surface area contributed by atoms with Crippen molar-refractivity contribution in [3.05, 3.63) is 59.0 Å². The van der Waals surface area contributed by atoms with Crippen LogP contribution in [0.5, 0.6) is 0 Å². The van der Waals surface area contributed by atoms with Crippen molar-refractivity contribution in [2.75, 3.05) is 16.8 Å². The van der Waals surface area contributed by atoms with Crippen molar-refractivity contribution in [1.82, 2.24) is 15.0 Å². The maximum Gasteiger partial charge on any atom is 0.433 e. The van der Waals surface area contributed by atoms with Gasteiger partial charge in [0, 0.05) is 18.1 Å². The van der Waals surface area contributed by atoms with Crippen LogP contribution in [0.4, 0.5) is 24.8 Å². The van der Waals surface area contributed by atoms with Gasteiger partial charge in [-0.1, -0.05) is 12.1 Å². The van der Waals surface area contributed by atoms with Crippen LogP contribution in [0.15, 0.2) is 42.7 Å². The van der Waals surface area contributed by atoms with Crippen molar-refractivity contribution in [2.45, 2.75) is 19.5 Å². The van der Waals surface area contributed by atoms with E-state index < -0.39 is 21.7 Å². The predicted molar refractivity (Wildman–Crippen MR) is 114 cm³/mol. The summed E-state index contributed by atoms with van der Waals surface area (Å²) in [5.74, 6) is -0.0133. The molecule has 1 aromatic carbocycles. The summed E-state index contributed by atoms with van der Waals surface area (Å²) in [5, 5.41) is 3.60. The number of benzene rings is 1. The highest BCUT2D eigenvalue weighted by molar-refractivity contribution is 7.91. The lowest BCUT2D eigenvalue weighted by Gasteiger charge is -2.11. The molecule has 4 rings (SSSR count). The van der Waals surface area contributed by atoms with Crippen molar-refractivity contribution >= 4 is 38.4 Å². The lowest BCUT2D eigenvalue weighted by atomic mass is 10.1. The van der Waals surface area contributed by atoms with Gasteiger partial charge in [-0.2, -0.15) is 13.2 Å². The number of nitrogens with one attached hydrogen (secondary N) is 1. The van der Waals surface area contributed by atoms with Gasteiger partial charge < -0.3 is 5.32 Å². The van der Waals surface area contributed by atoms with Gasteiger partial charge in [0.2, 0.25) is 5.95 Å². The lowest BCUT2D eigenvalue weighted by Crippen LogP contribution is -2.14. The molecule has 0 amide bonds. The summed E-state index contributed by atoms with van der Waals surface area (Å²) in [6.07, 6.45) is 0.355. The van der Waals surface area contributed by atoms with E-state index >= 15 is 0 Å². The number of anilines is 2. The minimum atomic E-state index is -4.55. The van der Waals surface area contributed by atoms with Crippen LogP contribution < -0.4 is 5.32 Å². The van der Waals surface area contributed by atoms with E-state index in [4.69, 9.17) is 0 Å². The van der Waals surface area contributed by atoms with Gasteiger partial charge in [-0.3, -0.25) is 0 Å². The molecule has 0 saturated carbocycles. The van der Waals surface area contributed by atoms with E-state index in [9.17, 15) is 21.6 Å². The molecule has 3 aromatic rings. The number of nitrogens with zero attached hydrogens (tertiary/aromatic N) is 3. The first-order valence-corrected chi connectivity index (χ1v) is 11.9. The molecule has 0 saturated heterocycles. The van der Waals surface area contributed by atoms with Crippen LogP contribution in [0.1, 0.15) is 22.7 Å². The third-order valence-electron chi connectivity index (χ3n) is 4.61. The van der Waals surface area contributed by atoms with Crippen LogP contribution in [0.3, 0.4) is 0 Å². The summed E-state index contributed by atoms with van der Waals surface area (Å²) in [5.41, 5.74) is 2.17. The zero-order valence-corrected chi connectivity index (χ0v) is 17.9. The maximum atomic E-state index is 12.9. The molecule has 3 heterocycles. The smallest absolute Gasteiger partial charge is 0.324 e. The van der Waals surface area contributed by atoms with E-state index in [-0.39, 0.29) is 17.5 Å². The number of thiazole rings is 1. The molecule has 6 nitrogen and oxygen atoms in total. The van der Waals surface area contributed by atoms with Crippen LogP contribution >= 0.6 is 11.3 Å². The molecule has 0 aliphatic carbocycles.